The van der Waals surface area contributed by atoms with E-state index in [0.717, 1.165) is 53.9 Å². The van der Waals surface area contributed by atoms with Crippen molar-refractivity contribution in [1.29, 1.82) is 0 Å². The lowest BCUT2D eigenvalue weighted by molar-refractivity contribution is -0.809. The highest BCUT2D eigenvalue weighted by atomic mass is 79.9. The molecule has 0 radical (unpaired) electrons. The average molecular weight is 1160 g/mol. The van der Waals surface area contributed by atoms with Gasteiger partial charge in [0.1, 0.15) is 11.0 Å². The monoisotopic (exact) mass is 1150 g/mol. The van der Waals surface area contributed by atoms with Crippen molar-refractivity contribution >= 4 is 76.6 Å². The largest absolute Gasteiger partial charge is 0.186 e. The molecule has 4 heterocycles. The van der Waals surface area contributed by atoms with E-state index < -0.39 is 0 Å². The third-order valence-corrected chi connectivity index (χ3v) is 18.9. The molecule has 0 saturated carbocycles. The topological polar surface area (TPSA) is 61.6 Å². The molecule has 10 heteroatoms. The molecule has 0 fully saturated rings. The van der Waals surface area contributed by atoms with Crippen molar-refractivity contribution in [2.45, 2.75) is 298 Å². The SMILES string of the molecule is CCCCCCCCCCCCC(CCCCCCCCCC)Cn1nc2c(-c3ccc(Br)s3)c3n[n+](CC(CCCCCCCCCC)CCCCCCCCCCCC)[n-]c3c(-c3ccc(Br)s3)c2n1. The molecule has 2 unspecified atom stereocenters. The van der Waals surface area contributed by atoms with E-state index in [1.807, 2.05) is 0 Å². The van der Waals surface area contributed by atoms with E-state index in [9.17, 15) is 0 Å². The maximum atomic E-state index is 5.52. The van der Waals surface area contributed by atoms with Crippen molar-refractivity contribution in [1.82, 2.24) is 25.2 Å². The number of nitrogens with zero attached hydrogens (tertiary/aromatic N) is 6. The molecule has 0 saturated heterocycles. The molecular weight excluding hydrogens is 1050 g/mol. The van der Waals surface area contributed by atoms with Gasteiger partial charge in [-0.2, -0.15) is 30.0 Å². The summed E-state index contributed by atoms with van der Waals surface area (Å²) in [6.45, 7) is 11.0. The van der Waals surface area contributed by atoms with Gasteiger partial charge in [0, 0.05) is 37.8 Å². The Morgan fingerprint density at radius 1 is 0.431 bits per heavy atom. The summed E-state index contributed by atoms with van der Waals surface area (Å²) in [6.07, 6.45) is 54.4. The minimum Gasteiger partial charge on any atom is -0.186 e. The number of rotatable bonds is 46. The fourth-order valence-electron chi connectivity index (χ4n) is 11.2. The molecule has 1 aromatic carbocycles. The normalized spacial score (nSPS) is 12.9. The number of fused-ring (bicyclic) bond motifs is 2. The summed E-state index contributed by atoms with van der Waals surface area (Å²) in [4.78, 5) is 6.54. The van der Waals surface area contributed by atoms with Crippen LogP contribution in [0.1, 0.15) is 285 Å². The average Bonchev–Trinajstić information content (AvgIpc) is 4.20. The Bertz CT molecular complexity index is 1920. The highest BCUT2D eigenvalue weighted by Crippen LogP contribution is 2.45. The van der Waals surface area contributed by atoms with Crippen molar-refractivity contribution < 1.29 is 4.80 Å². The molecular formula is C62H102Br2N6S2. The van der Waals surface area contributed by atoms with Crippen molar-refractivity contribution in [3.8, 4) is 20.9 Å². The fourth-order valence-corrected chi connectivity index (χ4v) is 14.1. The first-order valence-corrected chi connectivity index (χ1v) is 33.8. The Morgan fingerprint density at radius 2 is 0.764 bits per heavy atom. The van der Waals surface area contributed by atoms with Gasteiger partial charge in [0.05, 0.1) is 14.1 Å². The zero-order chi connectivity index (χ0) is 50.9. The van der Waals surface area contributed by atoms with E-state index in [1.165, 1.54) is 267 Å². The van der Waals surface area contributed by atoms with Gasteiger partial charge in [0.2, 0.25) is 0 Å². The van der Waals surface area contributed by atoms with Crippen LogP contribution in [0, 0.1) is 11.8 Å². The highest BCUT2D eigenvalue weighted by Gasteiger charge is 2.26. The van der Waals surface area contributed by atoms with Crippen molar-refractivity contribution in [2.24, 2.45) is 11.8 Å². The molecule has 0 aliphatic rings. The maximum absolute atomic E-state index is 5.52. The zero-order valence-electron chi connectivity index (χ0n) is 46.4. The minimum atomic E-state index is 0.574. The Hall–Kier alpha value is -1.62. The Balaban J connectivity index is 1.38. The van der Waals surface area contributed by atoms with E-state index in [4.69, 9.17) is 20.4 Å². The summed E-state index contributed by atoms with van der Waals surface area (Å²) in [6, 6.07) is 8.84. The molecule has 0 amide bonds. The predicted molar refractivity (Wildman–Crippen MR) is 323 cm³/mol. The van der Waals surface area contributed by atoms with Crippen LogP contribution in [0.5, 0.6) is 0 Å². The first-order valence-electron chi connectivity index (χ1n) is 30.6. The van der Waals surface area contributed by atoms with Crippen LogP contribution in [0.3, 0.4) is 0 Å². The van der Waals surface area contributed by atoms with Gasteiger partial charge in [-0.1, -0.05) is 259 Å². The van der Waals surface area contributed by atoms with Gasteiger partial charge in [-0.05, 0) is 87.7 Å². The highest BCUT2D eigenvalue weighted by molar-refractivity contribution is 9.11. The molecule has 6 nitrogen and oxygen atoms in total. The number of hydrogen-bond acceptors (Lipinski definition) is 5. The summed E-state index contributed by atoms with van der Waals surface area (Å²) in [5.41, 5.74) is 6.05. The molecule has 5 aromatic rings. The maximum Gasteiger partial charge on any atom is 0.165 e. The first-order chi connectivity index (χ1) is 35.4. The van der Waals surface area contributed by atoms with Gasteiger partial charge in [-0.3, -0.25) is 0 Å². The molecule has 5 rings (SSSR count). The molecule has 0 bridgehead atoms. The Morgan fingerprint density at radius 3 is 1.12 bits per heavy atom. The second kappa shape index (κ2) is 38.0. The molecule has 0 aliphatic carbocycles. The molecule has 72 heavy (non-hydrogen) atoms. The predicted octanol–water partition coefficient (Wildman–Crippen LogP) is 22.1. The van der Waals surface area contributed by atoms with Crippen LogP contribution in [-0.4, -0.2) is 20.1 Å². The van der Waals surface area contributed by atoms with Crippen LogP contribution in [0.15, 0.2) is 31.8 Å². The zero-order valence-corrected chi connectivity index (χ0v) is 51.2. The van der Waals surface area contributed by atoms with E-state index in [2.05, 4.69) is 93.4 Å². The summed E-state index contributed by atoms with van der Waals surface area (Å²) in [5.74, 6) is 1.15. The number of unbranched alkanes of at least 4 members (excludes halogenated alkanes) is 32. The van der Waals surface area contributed by atoms with Crippen LogP contribution in [0.25, 0.3) is 42.9 Å². The first kappa shape index (κ1) is 61.2. The number of aromatic nitrogens is 6. The molecule has 0 aliphatic heterocycles. The summed E-state index contributed by atoms with van der Waals surface area (Å²) >= 11 is 11.2. The van der Waals surface area contributed by atoms with Crippen LogP contribution in [0.2, 0.25) is 0 Å². The second-order valence-corrected chi connectivity index (χ2v) is 27.0. The molecule has 2 atom stereocenters. The molecule has 406 valence electrons. The smallest absolute Gasteiger partial charge is 0.165 e. The second-order valence-electron chi connectivity index (χ2n) is 22.1. The molecule has 0 spiro atoms. The standard InChI is InChI=1S/C62H102Br2N6S2/c1-5-9-13-17-21-25-27-31-35-39-43-51(41-37-33-29-23-19-15-11-7-3)49-69-65-59-57(53-45-47-55(63)71-53)61-62(58(60(59)66-69)54-46-48-56(64)72-54)68-70(67-61)50-52(42-38-34-30-24-20-16-12-8-4)44-40-36-32-28-26-22-18-14-10-6-2/h45-48,51-52H,5-44,49-50H2,1-4H3. The van der Waals surface area contributed by atoms with Gasteiger partial charge in [0.15, 0.2) is 6.54 Å². The lowest BCUT2D eigenvalue weighted by Crippen LogP contribution is -2.43. The van der Waals surface area contributed by atoms with E-state index in [-0.39, 0.29) is 0 Å². The van der Waals surface area contributed by atoms with Gasteiger partial charge < -0.3 is 0 Å². The van der Waals surface area contributed by atoms with Gasteiger partial charge in [-0.15, -0.1) is 22.7 Å². The summed E-state index contributed by atoms with van der Waals surface area (Å²) < 4.78 is 2.24. The van der Waals surface area contributed by atoms with E-state index in [1.54, 1.807) is 22.7 Å². The number of hydrogen-bond donors (Lipinski definition) is 0. The van der Waals surface area contributed by atoms with Crippen molar-refractivity contribution in [2.75, 3.05) is 0 Å². The van der Waals surface area contributed by atoms with Gasteiger partial charge in [0.25, 0.3) is 0 Å². The van der Waals surface area contributed by atoms with Crippen molar-refractivity contribution in [3.63, 3.8) is 0 Å². The summed E-state index contributed by atoms with van der Waals surface area (Å²) in [7, 11) is 0. The third kappa shape index (κ3) is 22.9. The van der Waals surface area contributed by atoms with Crippen LogP contribution in [-0.2, 0) is 13.1 Å². The van der Waals surface area contributed by atoms with Crippen LogP contribution < -0.4 is 9.90 Å². The Labute approximate surface area is 465 Å². The fraction of sp³-hybridized carbons (Fsp3) is 0.774. The third-order valence-electron chi connectivity index (χ3n) is 15.6. The number of halogens is 2. The minimum absolute atomic E-state index is 0.574. The summed E-state index contributed by atoms with van der Waals surface area (Å²) in [5, 5.41) is 22.1. The van der Waals surface area contributed by atoms with Crippen LogP contribution >= 0.6 is 54.5 Å². The van der Waals surface area contributed by atoms with Gasteiger partial charge in [-0.25, -0.2) is 0 Å². The number of thiophene rings is 2. The van der Waals surface area contributed by atoms with E-state index in [0.29, 0.717) is 11.8 Å². The van der Waals surface area contributed by atoms with Gasteiger partial charge >= 0.3 is 0 Å². The lowest BCUT2D eigenvalue weighted by Gasteiger charge is -2.16. The van der Waals surface area contributed by atoms with Crippen molar-refractivity contribution in [3.05, 3.63) is 31.8 Å². The lowest BCUT2D eigenvalue weighted by atomic mass is 9.94. The molecule has 4 aromatic heterocycles. The van der Waals surface area contributed by atoms with E-state index >= 15 is 0 Å². The number of benzene rings is 1. The molecule has 0 N–H and O–H groups in total. The Kier molecular flexibility index (Phi) is 32.3. The quantitative estimate of drug-likeness (QED) is 0.0288. The van der Waals surface area contributed by atoms with Crippen LogP contribution in [0.4, 0.5) is 0 Å².